The predicted octanol–water partition coefficient (Wildman–Crippen LogP) is 3.76. The third-order valence-electron chi connectivity index (χ3n) is 5.57. The second-order valence-corrected chi connectivity index (χ2v) is 7.54. The number of methoxy groups -OCH3 is 1. The van der Waals surface area contributed by atoms with Gasteiger partial charge in [-0.05, 0) is 37.1 Å². The summed E-state index contributed by atoms with van der Waals surface area (Å²) in [7, 11) is 1.74. The number of hydrogen-bond acceptors (Lipinski definition) is 3. The average molecular weight is 403 g/mol. The molecule has 0 spiro atoms. The summed E-state index contributed by atoms with van der Waals surface area (Å²) in [6, 6.07) is 20.6. The Labute approximate surface area is 174 Å². The Morgan fingerprint density at radius 3 is 2.07 bits per heavy atom. The van der Waals surface area contributed by atoms with Crippen molar-refractivity contribution in [3.05, 3.63) is 71.8 Å². The SMILES string of the molecule is COCC1(CNC(=O)CC(c2ccccc2)c2ccccc2)CCNCC1.Cl. The Kier molecular flexibility index (Phi) is 8.97. The molecule has 1 fully saturated rings. The van der Waals surface area contributed by atoms with Gasteiger partial charge in [0, 0.05) is 31.4 Å². The first-order valence-corrected chi connectivity index (χ1v) is 9.79. The first kappa shape index (κ1) is 22.4. The maximum atomic E-state index is 12.8. The molecule has 2 N–H and O–H groups in total. The first-order chi connectivity index (χ1) is 13.2. The van der Waals surface area contributed by atoms with Gasteiger partial charge in [-0.3, -0.25) is 4.79 Å². The van der Waals surface area contributed by atoms with Crippen LogP contribution in [0.2, 0.25) is 0 Å². The molecule has 0 aliphatic carbocycles. The molecule has 0 unspecified atom stereocenters. The Morgan fingerprint density at radius 2 is 1.57 bits per heavy atom. The molecule has 4 nitrogen and oxygen atoms in total. The minimum Gasteiger partial charge on any atom is -0.384 e. The summed E-state index contributed by atoms with van der Waals surface area (Å²) >= 11 is 0. The first-order valence-electron chi connectivity index (χ1n) is 9.79. The van der Waals surface area contributed by atoms with E-state index in [0.29, 0.717) is 19.6 Å². The van der Waals surface area contributed by atoms with Crippen LogP contribution in [-0.4, -0.2) is 39.3 Å². The van der Waals surface area contributed by atoms with Gasteiger partial charge in [-0.15, -0.1) is 12.4 Å². The van der Waals surface area contributed by atoms with Gasteiger partial charge >= 0.3 is 0 Å². The van der Waals surface area contributed by atoms with E-state index in [1.54, 1.807) is 7.11 Å². The second kappa shape index (κ2) is 11.2. The average Bonchev–Trinajstić information content (AvgIpc) is 2.73. The summed E-state index contributed by atoms with van der Waals surface area (Å²) in [6.45, 7) is 3.33. The number of benzene rings is 2. The zero-order chi connectivity index (χ0) is 19.0. The zero-order valence-corrected chi connectivity index (χ0v) is 17.3. The lowest BCUT2D eigenvalue weighted by atomic mass is 9.79. The van der Waals surface area contributed by atoms with E-state index in [4.69, 9.17) is 4.74 Å². The van der Waals surface area contributed by atoms with Gasteiger partial charge in [0.25, 0.3) is 0 Å². The van der Waals surface area contributed by atoms with Gasteiger partial charge in [0.2, 0.25) is 5.91 Å². The molecule has 1 aliphatic rings. The zero-order valence-electron chi connectivity index (χ0n) is 16.5. The molecule has 2 aromatic rings. The summed E-state index contributed by atoms with van der Waals surface area (Å²) in [5.74, 6) is 0.167. The summed E-state index contributed by atoms with van der Waals surface area (Å²) in [5, 5.41) is 6.59. The highest BCUT2D eigenvalue weighted by molar-refractivity contribution is 5.85. The summed E-state index contributed by atoms with van der Waals surface area (Å²) < 4.78 is 5.46. The summed E-state index contributed by atoms with van der Waals surface area (Å²) in [4.78, 5) is 12.8. The van der Waals surface area contributed by atoms with Crippen LogP contribution in [0.25, 0.3) is 0 Å². The molecular weight excluding hydrogens is 372 g/mol. The van der Waals surface area contributed by atoms with E-state index >= 15 is 0 Å². The van der Waals surface area contributed by atoms with E-state index in [-0.39, 0.29) is 29.6 Å². The molecule has 152 valence electrons. The third-order valence-corrected chi connectivity index (χ3v) is 5.57. The standard InChI is InChI=1S/C23H30N2O2.ClH/c1-27-18-23(12-14-24-15-13-23)17-25-22(26)16-21(19-8-4-2-5-9-19)20-10-6-3-7-11-20;/h2-11,21,24H,12-18H2,1H3,(H,25,26);1H. The fourth-order valence-corrected chi connectivity index (χ4v) is 3.98. The van der Waals surface area contributed by atoms with Crippen LogP contribution in [0.15, 0.2) is 60.7 Å². The van der Waals surface area contributed by atoms with Crippen molar-refractivity contribution in [2.24, 2.45) is 5.41 Å². The fraction of sp³-hybridized carbons (Fsp3) is 0.435. The number of piperidine rings is 1. The lowest BCUT2D eigenvalue weighted by Gasteiger charge is -2.37. The van der Waals surface area contributed by atoms with Crippen LogP contribution in [-0.2, 0) is 9.53 Å². The maximum absolute atomic E-state index is 12.8. The molecule has 28 heavy (non-hydrogen) atoms. The summed E-state index contributed by atoms with van der Waals surface area (Å²) in [6.07, 6.45) is 2.51. The highest BCUT2D eigenvalue weighted by Crippen LogP contribution is 2.30. The fourth-order valence-electron chi connectivity index (χ4n) is 3.98. The molecule has 2 aromatic carbocycles. The van der Waals surface area contributed by atoms with Crippen molar-refractivity contribution in [1.82, 2.24) is 10.6 Å². The van der Waals surface area contributed by atoms with Gasteiger partial charge in [0.05, 0.1) is 6.61 Å². The van der Waals surface area contributed by atoms with Gasteiger partial charge in [0.15, 0.2) is 0 Å². The van der Waals surface area contributed by atoms with Crippen molar-refractivity contribution in [1.29, 1.82) is 0 Å². The molecule has 1 amide bonds. The molecule has 0 atom stereocenters. The van der Waals surface area contributed by atoms with Crippen molar-refractivity contribution in [2.75, 3.05) is 33.4 Å². The molecule has 5 heteroatoms. The Bertz CT molecular complexity index is 658. The van der Waals surface area contributed by atoms with Gasteiger partial charge in [-0.2, -0.15) is 0 Å². The van der Waals surface area contributed by atoms with Gasteiger partial charge in [-0.1, -0.05) is 60.7 Å². The molecule has 0 aromatic heterocycles. The number of halogens is 1. The van der Waals surface area contributed by atoms with Crippen LogP contribution >= 0.6 is 12.4 Å². The number of carbonyl (C=O) groups is 1. The molecule has 1 aliphatic heterocycles. The lowest BCUT2D eigenvalue weighted by Crippen LogP contribution is -2.47. The smallest absolute Gasteiger partial charge is 0.220 e. The molecule has 1 heterocycles. The topological polar surface area (TPSA) is 50.4 Å². The molecule has 3 rings (SSSR count). The van der Waals surface area contributed by atoms with E-state index in [1.807, 2.05) is 36.4 Å². The Balaban J connectivity index is 0.00000280. The monoisotopic (exact) mass is 402 g/mol. The Hall–Kier alpha value is -1.88. The van der Waals surface area contributed by atoms with E-state index in [1.165, 1.54) is 11.1 Å². The Morgan fingerprint density at radius 1 is 1.04 bits per heavy atom. The number of amides is 1. The van der Waals surface area contributed by atoms with Crippen molar-refractivity contribution < 1.29 is 9.53 Å². The molecule has 1 saturated heterocycles. The molecule has 0 radical (unpaired) electrons. The van der Waals surface area contributed by atoms with Gasteiger partial charge in [-0.25, -0.2) is 0 Å². The van der Waals surface area contributed by atoms with Gasteiger partial charge in [0.1, 0.15) is 0 Å². The van der Waals surface area contributed by atoms with Crippen LogP contribution < -0.4 is 10.6 Å². The van der Waals surface area contributed by atoms with Crippen LogP contribution in [0, 0.1) is 5.41 Å². The van der Waals surface area contributed by atoms with Crippen LogP contribution in [0.1, 0.15) is 36.3 Å². The lowest BCUT2D eigenvalue weighted by molar-refractivity contribution is -0.122. The van der Waals surface area contributed by atoms with E-state index in [2.05, 4.69) is 34.9 Å². The highest BCUT2D eigenvalue weighted by Gasteiger charge is 2.32. The van der Waals surface area contributed by atoms with E-state index in [0.717, 1.165) is 25.9 Å². The van der Waals surface area contributed by atoms with Gasteiger partial charge < -0.3 is 15.4 Å². The third kappa shape index (κ3) is 6.06. The van der Waals surface area contributed by atoms with Crippen molar-refractivity contribution in [3.63, 3.8) is 0 Å². The molecule has 0 bridgehead atoms. The van der Waals surface area contributed by atoms with Crippen LogP contribution in [0.5, 0.6) is 0 Å². The van der Waals surface area contributed by atoms with Crippen LogP contribution in [0.4, 0.5) is 0 Å². The van der Waals surface area contributed by atoms with Crippen molar-refractivity contribution in [3.8, 4) is 0 Å². The van der Waals surface area contributed by atoms with E-state index in [9.17, 15) is 4.79 Å². The number of ether oxygens (including phenoxy) is 1. The highest BCUT2D eigenvalue weighted by atomic mass is 35.5. The number of rotatable bonds is 8. The number of hydrogen-bond donors (Lipinski definition) is 2. The second-order valence-electron chi connectivity index (χ2n) is 7.54. The van der Waals surface area contributed by atoms with E-state index < -0.39 is 0 Å². The van der Waals surface area contributed by atoms with Crippen LogP contribution in [0.3, 0.4) is 0 Å². The molecular formula is C23H31ClN2O2. The minimum atomic E-state index is 0. The normalized spacial score (nSPS) is 15.6. The maximum Gasteiger partial charge on any atom is 0.220 e. The molecule has 0 saturated carbocycles. The quantitative estimate of drug-likeness (QED) is 0.706. The van der Waals surface area contributed by atoms with Crippen molar-refractivity contribution >= 4 is 18.3 Å². The predicted molar refractivity (Wildman–Crippen MR) is 116 cm³/mol. The summed E-state index contributed by atoms with van der Waals surface area (Å²) in [5.41, 5.74) is 2.39. The minimum absolute atomic E-state index is 0. The number of nitrogens with one attached hydrogen (secondary N) is 2. The largest absolute Gasteiger partial charge is 0.384 e. The van der Waals surface area contributed by atoms with Crippen molar-refractivity contribution in [2.45, 2.75) is 25.2 Å². The number of carbonyl (C=O) groups excluding carboxylic acids is 1.